The van der Waals surface area contributed by atoms with Gasteiger partial charge in [-0.3, -0.25) is 0 Å². The molecule has 0 spiro atoms. The van der Waals surface area contributed by atoms with Gasteiger partial charge in [-0.25, -0.2) is 0 Å². The van der Waals surface area contributed by atoms with E-state index in [1.165, 1.54) is 93.2 Å². The van der Waals surface area contributed by atoms with Crippen LogP contribution in [0, 0.1) is 18.3 Å². The quantitative estimate of drug-likeness (QED) is 0.166. The summed E-state index contributed by atoms with van der Waals surface area (Å²) in [4.78, 5) is 2.50. The van der Waals surface area contributed by atoms with Crippen LogP contribution in [0.25, 0.3) is 87.9 Å². The first kappa shape index (κ1) is 34.7. The second-order valence-corrected chi connectivity index (χ2v) is 16.8. The Morgan fingerprint density at radius 1 is 0.484 bits per heavy atom. The Morgan fingerprint density at radius 2 is 1.13 bits per heavy atom. The van der Waals surface area contributed by atoms with Crippen molar-refractivity contribution in [3.63, 3.8) is 0 Å². The molecular formula is C58H36BN3. The first-order valence-corrected chi connectivity index (χ1v) is 21.3. The topological polar surface area (TPSA) is 32.0 Å². The number of hydrogen-bond donors (Lipinski definition) is 0. The Bertz CT molecular complexity index is 3710. The lowest BCUT2D eigenvalue weighted by atomic mass is 9.44. The molecule has 4 heteroatoms. The summed E-state index contributed by atoms with van der Waals surface area (Å²) in [6.45, 7) is 2.16. The van der Waals surface area contributed by atoms with Gasteiger partial charge in [0.05, 0.1) is 11.6 Å². The molecule has 0 atom stereocenters. The standard InChI is InChI=1S/C58H36BN3/c1-36-48(43-20-12-13-37(31-43)35-60)34-53-57-54(36)49-32-44-19-9-11-22-47(44)56-55-46-21-10-8-18-41(46)25-30-52(55)62(58(49)56)59(57)50-33-42(39-16-6-3-7-17-39)26-29-51(50)61(53)45-27-23-40(24-28-45)38-14-4-2-5-15-38/h2-34H,1H3. The molecule has 0 saturated carbocycles. The number of rotatable bonds is 4. The van der Waals surface area contributed by atoms with Crippen LogP contribution in [0.2, 0.25) is 0 Å². The molecule has 0 amide bonds. The van der Waals surface area contributed by atoms with E-state index >= 15 is 0 Å². The SMILES string of the molecule is Cc1c(-c2cccc(C#N)c2)cc2c3c1-c1cc4ccccc4c4c5c6ccccc6ccc5n(c14)B3c1cc(-c3ccccc3)ccc1N2c1ccc(-c2ccccc2)cc1. The van der Waals surface area contributed by atoms with E-state index in [1.807, 2.05) is 18.2 Å². The fourth-order valence-corrected chi connectivity index (χ4v) is 10.8. The zero-order chi connectivity index (χ0) is 41.1. The Labute approximate surface area is 360 Å². The van der Waals surface area contributed by atoms with Gasteiger partial charge in [0.1, 0.15) is 0 Å². The minimum absolute atomic E-state index is 0.133. The van der Waals surface area contributed by atoms with Crippen molar-refractivity contribution in [2.24, 2.45) is 0 Å². The van der Waals surface area contributed by atoms with E-state index in [-0.39, 0.29) is 6.85 Å². The van der Waals surface area contributed by atoms with Crippen molar-refractivity contribution >= 4 is 78.2 Å². The molecule has 0 unspecified atom stereocenters. The first-order chi connectivity index (χ1) is 30.6. The van der Waals surface area contributed by atoms with Gasteiger partial charge in [-0.2, -0.15) is 5.26 Å². The second kappa shape index (κ2) is 13.2. The molecule has 0 radical (unpaired) electrons. The third-order valence-electron chi connectivity index (χ3n) is 13.5. The average molecular weight is 786 g/mol. The van der Waals surface area contributed by atoms with Crippen LogP contribution in [0.4, 0.5) is 17.1 Å². The van der Waals surface area contributed by atoms with Crippen molar-refractivity contribution in [3.05, 3.63) is 211 Å². The highest BCUT2D eigenvalue weighted by atomic mass is 15.2. The molecule has 10 aromatic carbocycles. The van der Waals surface area contributed by atoms with Crippen molar-refractivity contribution < 1.29 is 0 Å². The maximum absolute atomic E-state index is 10.1. The lowest BCUT2D eigenvalue weighted by Gasteiger charge is -2.42. The van der Waals surface area contributed by atoms with Crippen LogP contribution >= 0.6 is 0 Å². The molecule has 0 saturated heterocycles. The van der Waals surface area contributed by atoms with Crippen LogP contribution in [0.5, 0.6) is 0 Å². The maximum atomic E-state index is 10.1. The minimum atomic E-state index is -0.133. The molecule has 2 aliphatic rings. The zero-order valence-corrected chi connectivity index (χ0v) is 34.0. The Kier molecular flexibility index (Phi) is 7.38. The molecule has 1 aromatic heterocycles. The molecule has 0 N–H and O–H groups in total. The van der Waals surface area contributed by atoms with Gasteiger partial charge in [-0.1, -0.05) is 152 Å². The van der Waals surface area contributed by atoms with Gasteiger partial charge in [0, 0.05) is 44.4 Å². The van der Waals surface area contributed by atoms with E-state index in [1.54, 1.807) is 0 Å². The van der Waals surface area contributed by atoms with E-state index in [9.17, 15) is 5.26 Å². The molecule has 13 rings (SSSR count). The molecule has 2 aliphatic heterocycles. The maximum Gasteiger partial charge on any atom is 0.333 e. The number of nitrogens with zero attached hydrogens (tertiary/aromatic N) is 3. The summed E-state index contributed by atoms with van der Waals surface area (Å²) in [5, 5.41) is 17.7. The first-order valence-electron chi connectivity index (χ1n) is 21.3. The third kappa shape index (κ3) is 4.88. The lowest BCUT2D eigenvalue weighted by Crippen LogP contribution is -2.57. The van der Waals surface area contributed by atoms with Gasteiger partial charge in [0.2, 0.25) is 0 Å². The Morgan fingerprint density at radius 3 is 1.89 bits per heavy atom. The monoisotopic (exact) mass is 785 g/mol. The fourth-order valence-electron chi connectivity index (χ4n) is 10.8. The number of hydrogen-bond acceptors (Lipinski definition) is 2. The smallest absolute Gasteiger partial charge is 0.333 e. The Hall–Kier alpha value is -8.13. The van der Waals surface area contributed by atoms with Gasteiger partial charge < -0.3 is 9.38 Å². The van der Waals surface area contributed by atoms with E-state index in [0.717, 1.165) is 28.2 Å². The summed E-state index contributed by atoms with van der Waals surface area (Å²) in [5.74, 6) is 0. The summed E-state index contributed by atoms with van der Waals surface area (Å²) in [6.07, 6.45) is 0. The van der Waals surface area contributed by atoms with E-state index in [2.05, 4.69) is 204 Å². The number of anilines is 3. The van der Waals surface area contributed by atoms with Crippen LogP contribution in [-0.2, 0) is 0 Å². The molecule has 11 aromatic rings. The van der Waals surface area contributed by atoms with E-state index < -0.39 is 0 Å². The van der Waals surface area contributed by atoms with Crippen molar-refractivity contribution in [1.29, 1.82) is 5.26 Å². The molecule has 3 nitrogen and oxygen atoms in total. The summed E-state index contributed by atoms with van der Waals surface area (Å²) < 4.78 is 2.68. The highest BCUT2D eigenvalue weighted by Crippen LogP contribution is 2.51. The van der Waals surface area contributed by atoms with Gasteiger partial charge >= 0.3 is 6.85 Å². The zero-order valence-electron chi connectivity index (χ0n) is 34.0. The summed E-state index contributed by atoms with van der Waals surface area (Å²) in [7, 11) is 0. The molecule has 286 valence electrons. The highest BCUT2D eigenvalue weighted by molar-refractivity contribution is 6.90. The molecule has 3 heterocycles. The van der Waals surface area contributed by atoms with Crippen LogP contribution in [0.3, 0.4) is 0 Å². The van der Waals surface area contributed by atoms with Crippen LogP contribution < -0.4 is 15.8 Å². The number of benzene rings is 10. The normalized spacial score (nSPS) is 12.5. The van der Waals surface area contributed by atoms with Crippen LogP contribution in [-0.4, -0.2) is 11.3 Å². The van der Waals surface area contributed by atoms with Gasteiger partial charge in [0.25, 0.3) is 0 Å². The average Bonchev–Trinajstić information content (AvgIpc) is 3.70. The minimum Gasteiger partial charge on any atom is -0.375 e. The molecule has 62 heavy (non-hydrogen) atoms. The Balaban J connectivity index is 1.21. The number of fused-ring (bicyclic) bond motifs is 11. The van der Waals surface area contributed by atoms with Crippen LogP contribution in [0.15, 0.2) is 200 Å². The predicted octanol–water partition coefficient (Wildman–Crippen LogP) is 13.7. The van der Waals surface area contributed by atoms with Gasteiger partial charge in [-0.05, 0) is 132 Å². The van der Waals surface area contributed by atoms with Crippen LogP contribution in [0.1, 0.15) is 11.1 Å². The number of aromatic nitrogens is 1. The van der Waals surface area contributed by atoms with Crippen molar-refractivity contribution in [2.75, 3.05) is 4.90 Å². The third-order valence-corrected chi connectivity index (χ3v) is 13.5. The van der Waals surface area contributed by atoms with Gasteiger partial charge in [0.15, 0.2) is 0 Å². The molecule has 0 bridgehead atoms. The second-order valence-electron chi connectivity index (χ2n) is 16.8. The number of nitriles is 1. The molecule has 0 aliphatic carbocycles. The summed E-state index contributed by atoms with van der Waals surface area (Å²) in [6, 6.07) is 75.4. The van der Waals surface area contributed by atoms with E-state index in [0.29, 0.717) is 5.56 Å². The summed E-state index contributed by atoms with van der Waals surface area (Å²) >= 11 is 0. The fraction of sp³-hybridized carbons (Fsp3) is 0.0172. The molecule has 0 fully saturated rings. The van der Waals surface area contributed by atoms with Crippen molar-refractivity contribution in [2.45, 2.75) is 6.92 Å². The summed E-state index contributed by atoms with van der Waals surface area (Å²) in [5.41, 5.74) is 19.7. The predicted molar refractivity (Wildman–Crippen MR) is 261 cm³/mol. The van der Waals surface area contributed by atoms with E-state index in [4.69, 9.17) is 0 Å². The lowest BCUT2D eigenvalue weighted by molar-refractivity contribution is 1.25. The van der Waals surface area contributed by atoms with Crippen molar-refractivity contribution in [3.8, 4) is 50.6 Å². The van der Waals surface area contributed by atoms with Crippen molar-refractivity contribution in [1.82, 2.24) is 4.48 Å². The van der Waals surface area contributed by atoms with Gasteiger partial charge in [-0.15, -0.1) is 0 Å². The highest BCUT2D eigenvalue weighted by Gasteiger charge is 2.44. The largest absolute Gasteiger partial charge is 0.375 e. The molecular weight excluding hydrogens is 749 g/mol.